The Kier molecular flexibility index (Phi) is 3.13. The number of aromatic nitrogens is 2. The van der Waals surface area contributed by atoms with Crippen LogP contribution >= 0.6 is 0 Å². The van der Waals surface area contributed by atoms with Gasteiger partial charge in [-0.1, -0.05) is 6.92 Å². The van der Waals surface area contributed by atoms with Crippen molar-refractivity contribution < 1.29 is 9.59 Å². The van der Waals surface area contributed by atoms with Gasteiger partial charge < -0.3 is 10.6 Å². The van der Waals surface area contributed by atoms with Gasteiger partial charge in [-0.25, -0.2) is 9.97 Å². The quantitative estimate of drug-likeness (QED) is 0.720. The van der Waals surface area contributed by atoms with Crippen molar-refractivity contribution in [3.63, 3.8) is 0 Å². The van der Waals surface area contributed by atoms with Gasteiger partial charge >= 0.3 is 0 Å². The second-order valence-corrected chi connectivity index (χ2v) is 4.94. The number of carbonyl (C=O) groups excluding carboxylic acids is 2. The molecule has 0 atom stereocenters. The highest BCUT2D eigenvalue weighted by molar-refractivity contribution is 6.06. The van der Waals surface area contributed by atoms with E-state index in [1.54, 1.807) is 24.8 Å². The van der Waals surface area contributed by atoms with Crippen LogP contribution in [0.4, 0.5) is 11.6 Å². The summed E-state index contributed by atoms with van der Waals surface area (Å²) in [6.07, 6.45) is 0.631. The Morgan fingerprint density at radius 1 is 1.42 bits per heavy atom. The number of nitrogens with one attached hydrogen (secondary N) is 1. The van der Waals surface area contributed by atoms with Gasteiger partial charge in [-0.3, -0.25) is 14.9 Å². The molecule has 0 radical (unpaired) electrons. The van der Waals surface area contributed by atoms with Gasteiger partial charge in [0.25, 0.3) is 5.91 Å². The van der Waals surface area contributed by atoms with Crippen LogP contribution in [-0.2, 0) is 16.0 Å². The Balaban J connectivity index is 2.46. The average Bonchev–Trinajstić information content (AvgIpc) is 2.33. The average molecular weight is 263 g/mol. The van der Waals surface area contributed by atoms with Crippen LogP contribution in [0.15, 0.2) is 6.07 Å². The minimum absolute atomic E-state index is 0.0678. The highest BCUT2D eigenvalue weighted by atomic mass is 16.2. The highest BCUT2D eigenvalue weighted by Gasteiger charge is 2.41. The first-order valence-corrected chi connectivity index (χ1v) is 6.10. The smallest absolute Gasteiger partial charge is 0.251 e. The Bertz CT molecular complexity index is 541. The zero-order valence-corrected chi connectivity index (χ0v) is 11.2. The highest BCUT2D eigenvalue weighted by Crippen LogP contribution is 2.25. The topological polar surface area (TPSA) is 101 Å². The van der Waals surface area contributed by atoms with E-state index in [4.69, 9.17) is 5.73 Å². The molecule has 0 unspecified atom stereocenters. The summed E-state index contributed by atoms with van der Waals surface area (Å²) in [4.78, 5) is 33.5. The van der Waals surface area contributed by atoms with Crippen molar-refractivity contribution in [1.29, 1.82) is 0 Å². The summed E-state index contributed by atoms with van der Waals surface area (Å²) >= 11 is 0. The molecule has 1 fully saturated rings. The summed E-state index contributed by atoms with van der Waals surface area (Å²) in [7, 11) is 0. The SMILES string of the molecule is CCc1nc(N)cc(N2CC(=O)NC(=O)C2(C)C)n1. The zero-order valence-electron chi connectivity index (χ0n) is 11.2. The number of nitrogen functional groups attached to an aromatic ring is 1. The molecule has 2 heterocycles. The van der Waals surface area contributed by atoms with Gasteiger partial charge in [-0.2, -0.15) is 0 Å². The first kappa shape index (κ1) is 13.3. The molecule has 2 amide bonds. The number of aryl methyl sites for hydroxylation is 1. The molecule has 102 valence electrons. The van der Waals surface area contributed by atoms with Crippen molar-refractivity contribution in [3.8, 4) is 0 Å². The van der Waals surface area contributed by atoms with Crippen molar-refractivity contribution in [2.45, 2.75) is 32.7 Å². The standard InChI is InChI=1S/C12H17N5O2/c1-4-8-14-7(13)5-9(15-8)17-6-10(18)16-11(19)12(17,2)3/h5H,4,6H2,1-3H3,(H2,13,14,15)(H,16,18,19). The van der Waals surface area contributed by atoms with E-state index in [-0.39, 0.29) is 18.4 Å². The van der Waals surface area contributed by atoms with Crippen LogP contribution in [0.3, 0.4) is 0 Å². The Morgan fingerprint density at radius 3 is 2.74 bits per heavy atom. The second kappa shape index (κ2) is 4.49. The summed E-state index contributed by atoms with van der Waals surface area (Å²) < 4.78 is 0. The van der Waals surface area contributed by atoms with Crippen LogP contribution in [0.25, 0.3) is 0 Å². The maximum absolute atomic E-state index is 11.9. The van der Waals surface area contributed by atoms with E-state index >= 15 is 0 Å². The van der Waals surface area contributed by atoms with Crippen molar-refractivity contribution in [1.82, 2.24) is 15.3 Å². The lowest BCUT2D eigenvalue weighted by Crippen LogP contribution is -2.64. The predicted molar refractivity (Wildman–Crippen MR) is 70.4 cm³/mol. The summed E-state index contributed by atoms with van der Waals surface area (Å²) in [5.74, 6) is 0.719. The minimum atomic E-state index is -0.861. The number of anilines is 2. The molecule has 0 bridgehead atoms. The predicted octanol–water partition coefficient (Wildman–Crippen LogP) is -0.137. The van der Waals surface area contributed by atoms with E-state index in [2.05, 4.69) is 15.3 Å². The fraction of sp³-hybridized carbons (Fsp3) is 0.500. The van der Waals surface area contributed by atoms with Gasteiger partial charge in [0, 0.05) is 12.5 Å². The van der Waals surface area contributed by atoms with Gasteiger partial charge in [-0.15, -0.1) is 0 Å². The molecule has 3 N–H and O–H groups in total. The number of hydrogen-bond donors (Lipinski definition) is 2. The van der Waals surface area contributed by atoms with Gasteiger partial charge in [0.15, 0.2) is 0 Å². The van der Waals surface area contributed by atoms with Crippen LogP contribution in [0.1, 0.15) is 26.6 Å². The molecule has 1 aliphatic heterocycles. The maximum atomic E-state index is 11.9. The zero-order chi connectivity index (χ0) is 14.2. The number of amides is 2. The molecule has 19 heavy (non-hydrogen) atoms. The molecular weight excluding hydrogens is 246 g/mol. The van der Waals surface area contributed by atoms with E-state index < -0.39 is 5.54 Å². The molecule has 2 rings (SSSR count). The molecule has 7 heteroatoms. The Hall–Kier alpha value is -2.18. The van der Waals surface area contributed by atoms with E-state index in [1.165, 1.54) is 0 Å². The summed E-state index contributed by atoms with van der Waals surface area (Å²) in [5, 5.41) is 2.32. The van der Waals surface area contributed by atoms with Crippen LogP contribution in [0.2, 0.25) is 0 Å². The number of hydrogen-bond acceptors (Lipinski definition) is 6. The van der Waals surface area contributed by atoms with E-state index in [0.717, 1.165) is 0 Å². The fourth-order valence-electron chi connectivity index (χ4n) is 1.95. The molecule has 0 saturated carbocycles. The summed E-state index contributed by atoms with van der Waals surface area (Å²) in [6.45, 7) is 5.45. The second-order valence-electron chi connectivity index (χ2n) is 4.94. The van der Waals surface area contributed by atoms with Gasteiger partial charge in [0.1, 0.15) is 23.0 Å². The van der Waals surface area contributed by atoms with Crippen LogP contribution in [0.5, 0.6) is 0 Å². The van der Waals surface area contributed by atoms with Crippen molar-refractivity contribution in [3.05, 3.63) is 11.9 Å². The van der Waals surface area contributed by atoms with Crippen molar-refractivity contribution in [2.24, 2.45) is 0 Å². The van der Waals surface area contributed by atoms with Gasteiger partial charge in [0.05, 0.1) is 6.54 Å². The lowest BCUT2D eigenvalue weighted by Gasteiger charge is -2.41. The molecule has 1 aromatic rings. The van der Waals surface area contributed by atoms with Gasteiger partial charge in [-0.05, 0) is 13.8 Å². The molecule has 1 aliphatic rings. The molecule has 1 aromatic heterocycles. The number of nitrogens with two attached hydrogens (primary N) is 1. The number of rotatable bonds is 2. The van der Waals surface area contributed by atoms with Crippen LogP contribution < -0.4 is 16.0 Å². The number of nitrogens with zero attached hydrogens (tertiary/aromatic N) is 3. The largest absolute Gasteiger partial charge is 0.384 e. The Labute approximate surface area is 111 Å². The number of imide groups is 1. The first-order valence-electron chi connectivity index (χ1n) is 6.10. The molecular formula is C12H17N5O2. The minimum Gasteiger partial charge on any atom is -0.384 e. The molecule has 1 saturated heterocycles. The molecule has 0 spiro atoms. The molecule has 7 nitrogen and oxygen atoms in total. The fourth-order valence-corrected chi connectivity index (χ4v) is 1.95. The monoisotopic (exact) mass is 263 g/mol. The third-order valence-electron chi connectivity index (χ3n) is 3.16. The van der Waals surface area contributed by atoms with E-state index in [9.17, 15) is 9.59 Å². The number of piperazine rings is 1. The van der Waals surface area contributed by atoms with E-state index in [1.807, 2.05) is 6.92 Å². The lowest BCUT2D eigenvalue weighted by atomic mass is 9.99. The van der Waals surface area contributed by atoms with Crippen LogP contribution in [-0.4, -0.2) is 33.9 Å². The summed E-state index contributed by atoms with van der Waals surface area (Å²) in [6, 6.07) is 1.58. The third-order valence-corrected chi connectivity index (χ3v) is 3.16. The van der Waals surface area contributed by atoms with Gasteiger partial charge in [0.2, 0.25) is 5.91 Å². The maximum Gasteiger partial charge on any atom is 0.251 e. The van der Waals surface area contributed by atoms with Crippen LogP contribution in [0, 0.1) is 0 Å². The lowest BCUT2D eigenvalue weighted by molar-refractivity contribution is -0.135. The normalized spacial score (nSPS) is 18.4. The van der Waals surface area contributed by atoms with Crippen molar-refractivity contribution >= 4 is 23.5 Å². The van der Waals surface area contributed by atoms with E-state index in [0.29, 0.717) is 23.9 Å². The summed E-state index contributed by atoms with van der Waals surface area (Å²) in [5.41, 5.74) is 4.87. The molecule has 0 aromatic carbocycles. The molecule has 0 aliphatic carbocycles. The third kappa shape index (κ3) is 2.35. The first-order chi connectivity index (χ1) is 8.84. The number of carbonyl (C=O) groups is 2. The Morgan fingerprint density at radius 2 is 2.11 bits per heavy atom. The van der Waals surface area contributed by atoms with Crippen molar-refractivity contribution in [2.75, 3.05) is 17.2 Å².